The van der Waals surface area contributed by atoms with Crippen molar-refractivity contribution in [1.29, 1.82) is 0 Å². The Morgan fingerprint density at radius 3 is 2.15 bits per heavy atom. The van der Waals surface area contributed by atoms with Crippen molar-refractivity contribution in [1.82, 2.24) is 5.32 Å². The van der Waals surface area contributed by atoms with Crippen LogP contribution in [0, 0.1) is 6.92 Å². The molecule has 1 aromatic rings. The molecule has 0 bridgehead atoms. The van der Waals surface area contributed by atoms with Gasteiger partial charge in [0, 0.05) is 0 Å². The normalized spacial score (nSPS) is 10.9. The first kappa shape index (κ1) is 17.2. The van der Waals surface area contributed by atoms with Crippen molar-refractivity contribution < 1.29 is 0 Å². The molecule has 0 spiro atoms. The van der Waals surface area contributed by atoms with Crippen molar-refractivity contribution >= 4 is 0 Å². The van der Waals surface area contributed by atoms with Gasteiger partial charge in [-0.25, -0.2) is 0 Å². The molecule has 1 aromatic carbocycles. The Bertz CT molecular complexity index is 332. The van der Waals surface area contributed by atoms with Gasteiger partial charge >= 0.3 is 0 Å². The number of hydrogen-bond acceptors (Lipinski definition) is 1. The molecule has 0 saturated heterocycles. The number of nitrogens with one attached hydrogen (secondary N) is 1. The van der Waals surface area contributed by atoms with Gasteiger partial charge in [-0.1, -0.05) is 76.1 Å². The highest BCUT2D eigenvalue weighted by molar-refractivity contribution is 5.25. The molecule has 20 heavy (non-hydrogen) atoms. The van der Waals surface area contributed by atoms with Crippen LogP contribution in [0.25, 0.3) is 0 Å². The van der Waals surface area contributed by atoms with Crippen molar-refractivity contribution in [2.75, 3.05) is 13.1 Å². The average Bonchev–Trinajstić information content (AvgIpc) is 2.46. The van der Waals surface area contributed by atoms with Crippen LogP contribution in [-0.2, 0) is 6.42 Å². The van der Waals surface area contributed by atoms with Crippen LogP contribution in [0.3, 0.4) is 0 Å². The van der Waals surface area contributed by atoms with E-state index in [1.807, 2.05) is 0 Å². The van der Waals surface area contributed by atoms with E-state index in [2.05, 4.69) is 43.4 Å². The number of unbranched alkanes of at least 4 members (excludes halogenated alkanes) is 7. The lowest BCUT2D eigenvalue weighted by molar-refractivity contribution is 0.555. The molecule has 0 aromatic heterocycles. The predicted molar refractivity (Wildman–Crippen MR) is 90.4 cm³/mol. The Balaban J connectivity index is 1.87. The van der Waals surface area contributed by atoms with E-state index >= 15 is 0 Å². The minimum absolute atomic E-state index is 1.11. The maximum atomic E-state index is 3.57. The number of hydrogen-bond donors (Lipinski definition) is 1. The highest BCUT2D eigenvalue weighted by Gasteiger charge is 1.96. The van der Waals surface area contributed by atoms with Gasteiger partial charge in [0.05, 0.1) is 0 Å². The Morgan fingerprint density at radius 2 is 1.45 bits per heavy atom. The van der Waals surface area contributed by atoms with Crippen LogP contribution in [0.15, 0.2) is 24.3 Å². The van der Waals surface area contributed by atoms with E-state index in [0.29, 0.717) is 0 Å². The number of aryl methyl sites for hydroxylation is 1. The second-order valence-corrected chi connectivity index (χ2v) is 5.90. The second-order valence-electron chi connectivity index (χ2n) is 5.90. The van der Waals surface area contributed by atoms with E-state index in [4.69, 9.17) is 0 Å². The molecular weight excluding hydrogens is 242 g/mol. The largest absolute Gasteiger partial charge is 0.316 e. The first-order valence-corrected chi connectivity index (χ1v) is 8.60. The highest BCUT2D eigenvalue weighted by atomic mass is 14.8. The van der Waals surface area contributed by atoms with Crippen molar-refractivity contribution in [3.05, 3.63) is 35.4 Å². The summed E-state index contributed by atoms with van der Waals surface area (Å²) in [5, 5.41) is 3.57. The van der Waals surface area contributed by atoms with Crippen molar-refractivity contribution in [2.45, 2.75) is 71.6 Å². The zero-order valence-corrected chi connectivity index (χ0v) is 13.6. The first-order valence-electron chi connectivity index (χ1n) is 8.60. The van der Waals surface area contributed by atoms with Crippen LogP contribution < -0.4 is 5.32 Å². The summed E-state index contributed by atoms with van der Waals surface area (Å²) in [5.41, 5.74) is 2.90. The third kappa shape index (κ3) is 8.37. The van der Waals surface area contributed by atoms with Gasteiger partial charge in [0.2, 0.25) is 0 Å². The van der Waals surface area contributed by atoms with Gasteiger partial charge in [-0.15, -0.1) is 0 Å². The van der Waals surface area contributed by atoms with Crippen LogP contribution in [0.1, 0.15) is 69.4 Å². The maximum Gasteiger partial charge on any atom is -0.000825 e. The van der Waals surface area contributed by atoms with Gasteiger partial charge in [-0.2, -0.15) is 0 Å². The quantitative estimate of drug-likeness (QED) is 0.513. The molecule has 1 nitrogen and oxygen atoms in total. The minimum Gasteiger partial charge on any atom is -0.316 e. The Kier molecular flexibility index (Phi) is 10.3. The standard InChI is InChI=1S/C19H33N/c1-3-4-5-6-7-8-9-12-16-20-17-15-19-14-11-10-13-18(19)2/h10-11,13-14,20H,3-9,12,15-17H2,1-2H3. The summed E-state index contributed by atoms with van der Waals surface area (Å²) in [4.78, 5) is 0. The summed E-state index contributed by atoms with van der Waals surface area (Å²) >= 11 is 0. The van der Waals surface area contributed by atoms with E-state index in [9.17, 15) is 0 Å². The van der Waals surface area contributed by atoms with Crippen LogP contribution in [0.2, 0.25) is 0 Å². The molecule has 0 amide bonds. The molecule has 0 aliphatic carbocycles. The summed E-state index contributed by atoms with van der Waals surface area (Å²) in [6.45, 7) is 6.78. The second kappa shape index (κ2) is 12.0. The third-order valence-corrected chi connectivity index (χ3v) is 4.04. The number of rotatable bonds is 12. The van der Waals surface area contributed by atoms with Crippen molar-refractivity contribution in [2.24, 2.45) is 0 Å². The fraction of sp³-hybridized carbons (Fsp3) is 0.684. The summed E-state index contributed by atoms with van der Waals surface area (Å²) in [6.07, 6.45) is 12.4. The molecule has 0 unspecified atom stereocenters. The zero-order chi connectivity index (χ0) is 14.5. The highest BCUT2D eigenvalue weighted by Crippen LogP contribution is 2.08. The van der Waals surface area contributed by atoms with Gasteiger partial charge in [-0.05, 0) is 44.0 Å². The lowest BCUT2D eigenvalue weighted by Crippen LogP contribution is -2.18. The smallest absolute Gasteiger partial charge is 0.000825 e. The molecule has 0 heterocycles. The molecule has 1 N–H and O–H groups in total. The zero-order valence-electron chi connectivity index (χ0n) is 13.6. The SMILES string of the molecule is CCCCCCCCCCNCCc1ccccc1C. The third-order valence-electron chi connectivity index (χ3n) is 4.04. The molecule has 114 valence electrons. The van der Waals surface area contributed by atoms with Crippen molar-refractivity contribution in [3.8, 4) is 0 Å². The van der Waals surface area contributed by atoms with E-state index in [0.717, 1.165) is 13.0 Å². The van der Waals surface area contributed by atoms with Gasteiger partial charge in [0.1, 0.15) is 0 Å². The topological polar surface area (TPSA) is 12.0 Å². The Labute approximate surface area is 126 Å². The molecule has 0 radical (unpaired) electrons. The maximum absolute atomic E-state index is 3.57. The van der Waals surface area contributed by atoms with Crippen LogP contribution in [0.5, 0.6) is 0 Å². The van der Waals surface area contributed by atoms with Crippen LogP contribution >= 0.6 is 0 Å². The molecule has 1 rings (SSSR count). The van der Waals surface area contributed by atoms with Gasteiger partial charge in [0.15, 0.2) is 0 Å². The summed E-state index contributed by atoms with van der Waals surface area (Å²) < 4.78 is 0. The molecule has 1 heteroatoms. The van der Waals surface area contributed by atoms with Crippen LogP contribution in [-0.4, -0.2) is 13.1 Å². The van der Waals surface area contributed by atoms with Gasteiger partial charge in [0.25, 0.3) is 0 Å². The average molecular weight is 275 g/mol. The molecule has 0 atom stereocenters. The van der Waals surface area contributed by atoms with E-state index in [1.165, 1.54) is 69.0 Å². The number of benzene rings is 1. The minimum atomic E-state index is 1.11. The molecule has 0 aliphatic heterocycles. The Hall–Kier alpha value is -0.820. The lowest BCUT2D eigenvalue weighted by atomic mass is 10.1. The molecule has 0 saturated carbocycles. The van der Waals surface area contributed by atoms with E-state index < -0.39 is 0 Å². The Morgan fingerprint density at radius 1 is 0.800 bits per heavy atom. The van der Waals surface area contributed by atoms with Gasteiger partial charge in [-0.3, -0.25) is 0 Å². The molecule has 0 aliphatic rings. The van der Waals surface area contributed by atoms with Crippen LogP contribution in [0.4, 0.5) is 0 Å². The van der Waals surface area contributed by atoms with E-state index in [-0.39, 0.29) is 0 Å². The monoisotopic (exact) mass is 275 g/mol. The lowest BCUT2D eigenvalue weighted by Gasteiger charge is -2.07. The van der Waals surface area contributed by atoms with E-state index in [1.54, 1.807) is 0 Å². The summed E-state index contributed by atoms with van der Waals surface area (Å²) in [5.74, 6) is 0. The first-order chi connectivity index (χ1) is 9.84. The summed E-state index contributed by atoms with van der Waals surface area (Å²) in [6, 6.07) is 8.70. The van der Waals surface area contributed by atoms with Crippen molar-refractivity contribution in [3.63, 3.8) is 0 Å². The fourth-order valence-electron chi connectivity index (χ4n) is 2.62. The molecule has 0 fully saturated rings. The predicted octanol–water partition coefficient (Wildman–Crippen LogP) is 5.27. The fourth-order valence-corrected chi connectivity index (χ4v) is 2.62. The summed E-state index contributed by atoms with van der Waals surface area (Å²) in [7, 11) is 0. The molecular formula is C19H33N. The van der Waals surface area contributed by atoms with Gasteiger partial charge < -0.3 is 5.32 Å².